The van der Waals surface area contributed by atoms with Crippen molar-refractivity contribution in [3.63, 3.8) is 0 Å². The van der Waals surface area contributed by atoms with E-state index in [1.807, 2.05) is 6.07 Å². The van der Waals surface area contributed by atoms with Crippen LogP contribution in [0.15, 0.2) is 48.5 Å². The van der Waals surface area contributed by atoms with Crippen LogP contribution in [0.25, 0.3) is 11.1 Å². The Labute approximate surface area is 119 Å². The molecule has 0 radical (unpaired) electrons. The Kier molecular flexibility index (Phi) is 3.88. The first kappa shape index (κ1) is 13.0. The first-order valence-corrected chi connectivity index (χ1v) is 6.94. The average molecular weight is 269 g/mol. The molecule has 20 heavy (non-hydrogen) atoms. The summed E-state index contributed by atoms with van der Waals surface area (Å²) in [7, 11) is 1.73. The molecule has 1 saturated heterocycles. The van der Waals surface area contributed by atoms with Gasteiger partial charge in [-0.15, -0.1) is 0 Å². The molecule has 0 aromatic heterocycles. The summed E-state index contributed by atoms with van der Waals surface area (Å²) in [6.07, 6.45) is 0. The molecule has 3 rings (SSSR count). The van der Waals surface area contributed by atoms with Crippen molar-refractivity contribution in [1.82, 2.24) is 0 Å². The quantitative estimate of drug-likeness (QED) is 0.854. The fourth-order valence-corrected chi connectivity index (χ4v) is 2.55. The van der Waals surface area contributed by atoms with E-state index in [2.05, 4.69) is 47.4 Å². The van der Waals surface area contributed by atoms with Crippen molar-refractivity contribution in [2.24, 2.45) is 0 Å². The van der Waals surface area contributed by atoms with Crippen molar-refractivity contribution in [3.8, 4) is 16.9 Å². The van der Waals surface area contributed by atoms with Crippen molar-refractivity contribution in [3.05, 3.63) is 48.5 Å². The van der Waals surface area contributed by atoms with Gasteiger partial charge in [-0.05, 0) is 23.3 Å². The highest BCUT2D eigenvalue weighted by molar-refractivity contribution is 5.71. The Hall–Kier alpha value is -2.00. The Morgan fingerprint density at radius 3 is 2.40 bits per heavy atom. The van der Waals surface area contributed by atoms with Crippen molar-refractivity contribution in [1.29, 1.82) is 0 Å². The molecule has 0 amide bonds. The number of benzene rings is 2. The molecule has 0 unspecified atom stereocenters. The van der Waals surface area contributed by atoms with Crippen LogP contribution in [0.1, 0.15) is 0 Å². The number of anilines is 1. The highest BCUT2D eigenvalue weighted by Crippen LogP contribution is 2.33. The zero-order valence-corrected chi connectivity index (χ0v) is 11.7. The predicted octanol–water partition coefficient (Wildman–Crippen LogP) is 3.20. The molecule has 0 spiro atoms. The molecule has 0 bridgehead atoms. The number of morpholine rings is 1. The zero-order chi connectivity index (χ0) is 13.8. The molecule has 104 valence electrons. The van der Waals surface area contributed by atoms with Crippen molar-refractivity contribution >= 4 is 5.69 Å². The molecule has 1 aliphatic heterocycles. The summed E-state index contributed by atoms with van der Waals surface area (Å²) < 4.78 is 11.0. The van der Waals surface area contributed by atoms with Gasteiger partial charge >= 0.3 is 0 Å². The number of rotatable bonds is 3. The molecule has 1 fully saturated rings. The molecule has 0 N–H and O–H groups in total. The lowest BCUT2D eigenvalue weighted by Crippen LogP contribution is -2.36. The summed E-state index contributed by atoms with van der Waals surface area (Å²) in [6.45, 7) is 3.40. The topological polar surface area (TPSA) is 21.7 Å². The summed E-state index contributed by atoms with van der Waals surface area (Å²) in [6, 6.07) is 16.8. The second-order valence-electron chi connectivity index (χ2n) is 4.85. The van der Waals surface area contributed by atoms with Gasteiger partial charge in [0.15, 0.2) is 0 Å². The fourth-order valence-electron chi connectivity index (χ4n) is 2.55. The van der Waals surface area contributed by atoms with Crippen LogP contribution in [0.4, 0.5) is 5.69 Å². The van der Waals surface area contributed by atoms with Gasteiger partial charge in [0.25, 0.3) is 0 Å². The Morgan fingerprint density at radius 2 is 1.70 bits per heavy atom. The van der Waals surface area contributed by atoms with Gasteiger partial charge < -0.3 is 14.4 Å². The van der Waals surface area contributed by atoms with E-state index in [4.69, 9.17) is 9.47 Å². The van der Waals surface area contributed by atoms with Crippen molar-refractivity contribution < 1.29 is 9.47 Å². The van der Waals surface area contributed by atoms with Crippen molar-refractivity contribution in [2.45, 2.75) is 0 Å². The van der Waals surface area contributed by atoms with E-state index in [0.29, 0.717) is 0 Å². The van der Waals surface area contributed by atoms with Gasteiger partial charge in [0, 0.05) is 13.1 Å². The smallest absolute Gasteiger partial charge is 0.142 e. The summed E-state index contributed by atoms with van der Waals surface area (Å²) in [5, 5.41) is 0. The third-order valence-corrected chi connectivity index (χ3v) is 3.64. The molecule has 1 aliphatic rings. The number of ether oxygens (including phenoxy) is 2. The maximum absolute atomic E-state index is 5.58. The lowest BCUT2D eigenvalue weighted by molar-refractivity contribution is 0.122. The molecular formula is C17H19NO2. The number of hydrogen-bond donors (Lipinski definition) is 0. The molecule has 0 aliphatic carbocycles. The van der Waals surface area contributed by atoms with E-state index >= 15 is 0 Å². The molecule has 3 nitrogen and oxygen atoms in total. The van der Waals surface area contributed by atoms with Crippen LogP contribution in [0.3, 0.4) is 0 Å². The van der Waals surface area contributed by atoms with Crippen LogP contribution in [-0.2, 0) is 4.74 Å². The maximum atomic E-state index is 5.58. The summed E-state index contributed by atoms with van der Waals surface area (Å²) in [5.41, 5.74) is 3.54. The summed E-state index contributed by atoms with van der Waals surface area (Å²) >= 11 is 0. The monoisotopic (exact) mass is 269 g/mol. The largest absolute Gasteiger partial charge is 0.495 e. The molecule has 1 heterocycles. The van der Waals surface area contributed by atoms with E-state index < -0.39 is 0 Å². The van der Waals surface area contributed by atoms with E-state index in [1.54, 1.807) is 7.11 Å². The second kappa shape index (κ2) is 5.97. The molecule has 0 saturated carbocycles. The molecule has 2 aromatic carbocycles. The first-order valence-electron chi connectivity index (χ1n) is 6.94. The summed E-state index contributed by atoms with van der Waals surface area (Å²) in [5.74, 6) is 0.924. The first-order chi connectivity index (χ1) is 9.88. The van der Waals surface area contributed by atoms with Gasteiger partial charge in [0.2, 0.25) is 0 Å². The fraction of sp³-hybridized carbons (Fsp3) is 0.294. The van der Waals surface area contributed by atoms with E-state index in [9.17, 15) is 0 Å². The normalized spacial score (nSPS) is 15.2. The van der Waals surface area contributed by atoms with Crippen molar-refractivity contribution in [2.75, 3.05) is 38.3 Å². The minimum Gasteiger partial charge on any atom is -0.495 e. The minimum absolute atomic E-state index is 0.781. The predicted molar refractivity (Wildman–Crippen MR) is 81.5 cm³/mol. The Balaban J connectivity index is 1.93. The number of nitrogens with zero attached hydrogens (tertiary/aromatic N) is 1. The minimum atomic E-state index is 0.781. The molecule has 3 heteroatoms. The average Bonchev–Trinajstić information content (AvgIpc) is 2.56. The summed E-state index contributed by atoms with van der Waals surface area (Å²) in [4.78, 5) is 2.32. The van der Waals surface area contributed by atoms with Gasteiger partial charge in [0.05, 0.1) is 26.0 Å². The van der Waals surface area contributed by atoms with Crippen LogP contribution >= 0.6 is 0 Å². The third-order valence-electron chi connectivity index (χ3n) is 3.64. The zero-order valence-electron chi connectivity index (χ0n) is 11.7. The van der Waals surface area contributed by atoms with Gasteiger partial charge in [-0.3, -0.25) is 0 Å². The van der Waals surface area contributed by atoms with Gasteiger partial charge in [-0.25, -0.2) is 0 Å². The number of hydrogen-bond acceptors (Lipinski definition) is 3. The lowest BCUT2D eigenvalue weighted by Gasteiger charge is -2.30. The van der Waals surface area contributed by atoms with Crippen LogP contribution in [0, 0.1) is 0 Å². The number of methoxy groups -OCH3 is 1. The Bertz CT molecular complexity index is 562. The van der Waals surface area contributed by atoms with Crippen LogP contribution in [0.5, 0.6) is 5.75 Å². The SMILES string of the molecule is COc1cc(-c2ccccc2)ccc1N1CCOCC1. The lowest BCUT2D eigenvalue weighted by atomic mass is 10.0. The van der Waals surface area contributed by atoms with Crippen LogP contribution in [-0.4, -0.2) is 33.4 Å². The van der Waals surface area contributed by atoms with E-state index in [1.165, 1.54) is 11.1 Å². The Morgan fingerprint density at radius 1 is 0.950 bits per heavy atom. The standard InChI is InChI=1S/C17H19NO2/c1-19-17-13-15(14-5-3-2-4-6-14)7-8-16(17)18-9-11-20-12-10-18/h2-8,13H,9-12H2,1H3. The van der Waals surface area contributed by atoms with Gasteiger partial charge in [-0.2, -0.15) is 0 Å². The molecule has 0 atom stereocenters. The third kappa shape index (κ3) is 2.63. The van der Waals surface area contributed by atoms with Crippen LogP contribution < -0.4 is 9.64 Å². The maximum Gasteiger partial charge on any atom is 0.142 e. The van der Waals surface area contributed by atoms with E-state index in [0.717, 1.165) is 37.7 Å². The second-order valence-corrected chi connectivity index (χ2v) is 4.85. The van der Waals surface area contributed by atoms with Crippen LogP contribution in [0.2, 0.25) is 0 Å². The van der Waals surface area contributed by atoms with Gasteiger partial charge in [0.1, 0.15) is 5.75 Å². The molecular weight excluding hydrogens is 250 g/mol. The van der Waals surface area contributed by atoms with Gasteiger partial charge in [-0.1, -0.05) is 36.4 Å². The van der Waals surface area contributed by atoms with E-state index in [-0.39, 0.29) is 0 Å². The highest BCUT2D eigenvalue weighted by atomic mass is 16.5. The highest BCUT2D eigenvalue weighted by Gasteiger charge is 2.15. The molecule has 2 aromatic rings.